The van der Waals surface area contributed by atoms with Gasteiger partial charge in [0.05, 0.1) is 64.2 Å². The number of carbonyl (C=O) groups is 3. The maximum Gasteiger partial charge on any atom is 0.343 e. The Kier molecular flexibility index (Phi) is 16.3. The third-order valence-corrected chi connectivity index (χ3v) is 10.0. The summed E-state index contributed by atoms with van der Waals surface area (Å²) in [6.07, 6.45) is -0.583. The molecule has 0 bridgehead atoms. The van der Waals surface area contributed by atoms with Crippen molar-refractivity contribution < 1.29 is 47.5 Å². The molecule has 288 valence electrons. The van der Waals surface area contributed by atoms with E-state index in [-0.39, 0.29) is 83.9 Å². The molecule has 0 radical (unpaired) electrons. The molecular formula is C35H36Cl6N2O10. The summed E-state index contributed by atoms with van der Waals surface area (Å²) < 4.78 is 38.3. The van der Waals surface area contributed by atoms with Crippen LogP contribution in [0.4, 0.5) is 0 Å². The summed E-state index contributed by atoms with van der Waals surface area (Å²) in [5.41, 5.74) is 0.466. The number of methoxy groups -OCH3 is 3. The average Bonchev–Trinajstić information content (AvgIpc) is 3.13. The van der Waals surface area contributed by atoms with Gasteiger partial charge in [-0.15, -0.1) is 0 Å². The Morgan fingerprint density at radius 3 is 1.66 bits per heavy atom. The molecule has 1 unspecified atom stereocenters. The second-order valence-corrected chi connectivity index (χ2v) is 13.8. The smallest absolute Gasteiger partial charge is 0.343 e. The fraction of sp³-hybridized carbons (Fsp3) is 0.400. The maximum atomic E-state index is 13.4. The lowest BCUT2D eigenvalue weighted by molar-refractivity contribution is -0.0355. The Hall–Kier alpha value is -2.91. The van der Waals surface area contributed by atoms with Crippen molar-refractivity contribution in [1.82, 2.24) is 9.80 Å². The number of ether oxygens (including phenoxy) is 7. The molecule has 12 nitrogen and oxygen atoms in total. The van der Waals surface area contributed by atoms with Crippen molar-refractivity contribution in [3.63, 3.8) is 0 Å². The van der Waals surface area contributed by atoms with Gasteiger partial charge >= 0.3 is 17.9 Å². The molecule has 4 rings (SSSR count). The van der Waals surface area contributed by atoms with Crippen LogP contribution < -0.4 is 14.2 Å². The molecule has 0 aromatic heterocycles. The summed E-state index contributed by atoms with van der Waals surface area (Å²) in [6.45, 7) is 2.20. The zero-order chi connectivity index (χ0) is 38.8. The molecule has 1 heterocycles. The fourth-order valence-electron chi connectivity index (χ4n) is 5.37. The molecule has 1 fully saturated rings. The number of benzene rings is 3. The predicted molar refractivity (Wildman–Crippen MR) is 203 cm³/mol. The van der Waals surface area contributed by atoms with Crippen molar-refractivity contribution in [2.24, 2.45) is 0 Å². The number of esters is 3. The SMILES string of the molecule is COc1c(Cl)ccc(Cl)c1C(=O)OCCN(C)CCOC(=O)c1c(Cl)c(C2CN(CCOC(=O)c3c(Cl)ccc(Cl)c3OC)CCO2)cc(Cl)c1OC. The van der Waals surface area contributed by atoms with E-state index in [1.165, 1.54) is 45.6 Å². The molecule has 1 aliphatic rings. The van der Waals surface area contributed by atoms with E-state index in [9.17, 15) is 14.4 Å². The van der Waals surface area contributed by atoms with Gasteiger partial charge in [0.2, 0.25) is 0 Å². The van der Waals surface area contributed by atoms with E-state index in [4.69, 9.17) is 103 Å². The highest BCUT2D eigenvalue weighted by Gasteiger charge is 2.31. The minimum absolute atomic E-state index is 0.0123. The highest BCUT2D eigenvalue weighted by molar-refractivity contribution is 6.38. The van der Waals surface area contributed by atoms with Gasteiger partial charge in [-0.25, -0.2) is 14.4 Å². The summed E-state index contributed by atoms with van der Waals surface area (Å²) in [7, 11) is 5.88. The average molecular weight is 857 g/mol. The molecule has 1 saturated heterocycles. The van der Waals surface area contributed by atoms with Gasteiger partial charge in [-0.3, -0.25) is 9.80 Å². The normalized spacial score (nSPS) is 14.5. The first-order chi connectivity index (χ1) is 25.3. The first-order valence-electron chi connectivity index (χ1n) is 16.0. The highest BCUT2D eigenvalue weighted by Crippen LogP contribution is 2.41. The first-order valence-corrected chi connectivity index (χ1v) is 18.2. The molecule has 0 saturated carbocycles. The minimum atomic E-state index is -0.757. The van der Waals surface area contributed by atoms with Crippen LogP contribution >= 0.6 is 69.6 Å². The molecule has 0 aliphatic carbocycles. The zero-order valence-electron chi connectivity index (χ0n) is 29.1. The van der Waals surface area contributed by atoms with Gasteiger partial charge < -0.3 is 33.2 Å². The van der Waals surface area contributed by atoms with Crippen LogP contribution in [-0.4, -0.2) is 115 Å². The van der Waals surface area contributed by atoms with Crippen molar-refractivity contribution in [3.05, 3.63) is 82.7 Å². The first kappa shape index (κ1) is 42.8. The Morgan fingerprint density at radius 2 is 1.15 bits per heavy atom. The number of nitrogens with zero attached hydrogens (tertiary/aromatic N) is 2. The summed E-state index contributed by atoms with van der Waals surface area (Å²) in [5.74, 6) is -1.83. The van der Waals surface area contributed by atoms with E-state index in [0.717, 1.165) is 0 Å². The van der Waals surface area contributed by atoms with Crippen molar-refractivity contribution in [3.8, 4) is 17.2 Å². The van der Waals surface area contributed by atoms with E-state index < -0.39 is 24.0 Å². The van der Waals surface area contributed by atoms with Gasteiger partial charge in [-0.2, -0.15) is 0 Å². The topological polar surface area (TPSA) is 122 Å². The van der Waals surface area contributed by atoms with Crippen molar-refractivity contribution in [2.75, 3.05) is 87.5 Å². The third kappa shape index (κ3) is 10.7. The van der Waals surface area contributed by atoms with Crippen LogP contribution in [0.2, 0.25) is 30.1 Å². The molecule has 0 spiro atoms. The Bertz CT molecular complexity index is 1810. The Morgan fingerprint density at radius 1 is 0.698 bits per heavy atom. The van der Waals surface area contributed by atoms with E-state index in [1.54, 1.807) is 18.0 Å². The quantitative estimate of drug-likeness (QED) is 0.103. The van der Waals surface area contributed by atoms with E-state index >= 15 is 0 Å². The molecule has 3 aromatic rings. The van der Waals surface area contributed by atoms with Gasteiger partial charge in [0, 0.05) is 38.3 Å². The van der Waals surface area contributed by atoms with Crippen LogP contribution in [-0.2, 0) is 18.9 Å². The van der Waals surface area contributed by atoms with Crippen molar-refractivity contribution in [1.29, 1.82) is 0 Å². The summed E-state index contributed by atoms with van der Waals surface area (Å²) in [5, 5.41) is 0.936. The number of hydrogen-bond acceptors (Lipinski definition) is 12. The lowest BCUT2D eigenvalue weighted by atomic mass is 10.0. The van der Waals surface area contributed by atoms with Crippen LogP contribution in [0.15, 0.2) is 30.3 Å². The molecule has 53 heavy (non-hydrogen) atoms. The summed E-state index contributed by atoms with van der Waals surface area (Å²) >= 11 is 38.0. The highest BCUT2D eigenvalue weighted by atomic mass is 35.5. The second kappa shape index (κ2) is 20.1. The van der Waals surface area contributed by atoms with Crippen LogP contribution in [0.25, 0.3) is 0 Å². The standard InChI is InChI=1S/C35H36Cl6N2O10/c1-42(9-13-51-33(44)26-20(36)5-7-22(38)30(26)47-2)10-14-52-35(46)28-29(41)19(17-24(40)32(28)49-4)25-18-43(11-15-50-25)12-16-53-34(45)27-21(37)6-8-23(39)31(27)48-3/h5-8,17,25H,9-16,18H2,1-4H3. The van der Waals surface area contributed by atoms with Gasteiger partial charge in [0.1, 0.15) is 36.5 Å². The monoisotopic (exact) mass is 854 g/mol. The van der Waals surface area contributed by atoms with Gasteiger partial charge in [0.15, 0.2) is 17.2 Å². The maximum absolute atomic E-state index is 13.4. The van der Waals surface area contributed by atoms with Gasteiger partial charge in [-0.1, -0.05) is 69.6 Å². The van der Waals surface area contributed by atoms with Crippen LogP contribution in [0.5, 0.6) is 17.2 Å². The number of rotatable bonds is 16. The number of hydrogen-bond donors (Lipinski definition) is 0. The largest absolute Gasteiger partial charge is 0.494 e. The second-order valence-electron chi connectivity index (χ2n) is 11.4. The minimum Gasteiger partial charge on any atom is -0.494 e. The summed E-state index contributed by atoms with van der Waals surface area (Å²) in [6, 6.07) is 7.60. The van der Waals surface area contributed by atoms with Crippen molar-refractivity contribution in [2.45, 2.75) is 6.10 Å². The molecule has 1 atom stereocenters. The van der Waals surface area contributed by atoms with Crippen LogP contribution in [0.1, 0.15) is 42.7 Å². The molecule has 0 amide bonds. The van der Waals surface area contributed by atoms with Crippen molar-refractivity contribution >= 4 is 87.5 Å². The predicted octanol–water partition coefficient (Wildman–Crippen LogP) is 7.81. The Balaban J connectivity index is 1.32. The number of likely N-dealkylation sites (N-methyl/N-ethyl adjacent to an activating group) is 1. The molecule has 3 aromatic carbocycles. The van der Waals surface area contributed by atoms with Gasteiger partial charge in [0.25, 0.3) is 0 Å². The van der Waals surface area contributed by atoms with E-state index in [2.05, 4.69) is 0 Å². The van der Waals surface area contributed by atoms with Crippen LogP contribution in [0, 0.1) is 0 Å². The molecule has 1 aliphatic heterocycles. The fourth-order valence-corrected chi connectivity index (χ4v) is 6.92. The van der Waals surface area contributed by atoms with E-state index in [0.29, 0.717) is 44.9 Å². The zero-order valence-corrected chi connectivity index (χ0v) is 33.6. The third-order valence-electron chi connectivity index (χ3n) is 8.09. The summed E-state index contributed by atoms with van der Waals surface area (Å²) in [4.78, 5) is 42.7. The van der Waals surface area contributed by atoms with Gasteiger partial charge in [-0.05, 0) is 37.4 Å². The number of morpholine rings is 1. The lowest BCUT2D eigenvalue weighted by Crippen LogP contribution is -2.40. The molecule has 0 N–H and O–H groups in total. The number of carbonyl (C=O) groups excluding carboxylic acids is 3. The lowest BCUT2D eigenvalue weighted by Gasteiger charge is -2.33. The Labute approximate surface area is 336 Å². The molecular weight excluding hydrogens is 821 g/mol. The number of halogens is 6. The molecule has 18 heteroatoms. The van der Waals surface area contributed by atoms with E-state index in [1.807, 2.05) is 4.90 Å². The van der Waals surface area contributed by atoms with Crippen LogP contribution in [0.3, 0.4) is 0 Å².